The van der Waals surface area contributed by atoms with Crippen LogP contribution in [0.5, 0.6) is 0 Å². The highest BCUT2D eigenvalue weighted by Gasteiger charge is 2.13. The van der Waals surface area contributed by atoms with Crippen molar-refractivity contribution >= 4 is 118 Å². The molecule has 6 rings (SSSR count). The van der Waals surface area contributed by atoms with Gasteiger partial charge in [0.2, 0.25) is 0 Å². The normalized spacial score (nSPS) is 11.5. The van der Waals surface area contributed by atoms with Crippen LogP contribution < -0.4 is 11.3 Å². The second-order valence-corrected chi connectivity index (χ2v) is 12.3. The van der Waals surface area contributed by atoms with Crippen LogP contribution in [0.4, 0.5) is 0 Å². The predicted octanol–water partition coefficient (Wildman–Crippen LogP) is 7.66. The van der Waals surface area contributed by atoms with Crippen molar-refractivity contribution in [1.29, 1.82) is 0 Å². The fourth-order valence-corrected chi connectivity index (χ4v) is 7.89. The highest BCUT2D eigenvalue weighted by molar-refractivity contribution is 9.11. The van der Waals surface area contributed by atoms with E-state index in [2.05, 4.69) is 31.9 Å². The third-order valence-corrected chi connectivity index (χ3v) is 9.32. The summed E-state index contributed by atoms with van der Waals surface area (Å²) in [5.74, 6) is 0. The molecule has 10 heteroatoms. The lowest BCUT2D eigenvalue weighted by Crippen LogP contribution is -1.95. The van der Waals surface area contributed by atoms with E-state index >= 15 is 0 Å². The van der Waals surface area contributed by atoms with Crippen LogP contribution in [0, 0.1) is 0 Å². The summed E-state index contributed by atoms with van der Waals surface area (Å²) >= 11 is 13.1. The number of rotatable bonds is 0. The molecule has 0 aliphatic carbocycles. The van der Waals surface area contributed by atoms with Gasteiger partial charge in [-0.05, 0) is 60.8 Å². The second kappa shape index (κ2) is 7.19. The fraction of sp³-hybridized carbons (Fsp3) is 0. The van der Waals surface area contributed by atoms with Gasteiger partial charge in [0, 0.05) is 6.07 Å². The lowest BCUT2D eigenvalue weighted by Gasteiger charge is -1.89. The first kappa shape index (κ1) is 18.7. The number of hydrogen-bond acceptors (Lipinski definition) is 8. The molecule has 6 aromatic rings. The maximum Gasteiger partial charge on any atom is 0.345 e. The van der Waals surface area contributed by atoms with E-state index in [0.717, 1.165) is 26.4 Å². The summed E-state index contributed by atoms with van der Waals surface area (Å²) in [6, 6.07) is 7.28. The highest BCUT2D eigenvalue weighted by Crippen LogP contribution is 2.39. The van der Waals surface area contributed by atoms with Crippen molar-refractivity contribution in [3.05, 3.63) is 63.4 Å². The van der Waals surface area contributed by atoms with E-state index in [1.807, 2.05) is 29.0 Å². The number of halogens is 2. The summed E-state index contributed by atoms with van der Waals surface area (Å²) in [6.45, 7) is 0. The average molecular weight is 574 g/mol. The van der Waals surface area contributed by atoms with E-state index in [1.165, 1.54) is 0 Å². The Hall–Kier alpha value is -1.30. The first-order valence-electron chi connectivity index (χ1n) is 7.70. The van der Waals surface area contributed by atoms with Gasteiger partial charge >= 0.3 is 11.3 Å². The molecule has 0 spiro atoms. The summed E-state index contributed by atoms with van der Waals surface area (Å²) < 4.78 is 16.4. The van der Waals surface area contributed by atoms with Crippen LogP contribution in [0.2, 0.25) is 0 Å². The van der Waals surface area contributed by atoms with Crippen molar-refractivity contribution in [3.8, 4) is 0 Å². The second-order valence-electron chi connectivity index (χ2n) is 5.59. The lowest BCUT2D eigenvalue weighted by atomic mass is 10.3. The molecule has 140 valence electrons. The van der Waals surface area contributed by atoms with Crippen molar-refractivity contribution in [2.24, 2.45) is 0 Å². The average Bonchev–Trinajstić information content (AvgIpc) is 3.39. The number of hydrogen-bond donors (Lipinski definition) is 0. The molecule has 0 atom stereocenters. The van der Waals surface area contributed by atoms with Crippen molar-refractivity contribution in [1.82, 2.24) is 0 Å². The third-order valence-electron chi connectivity index (χ3n) is 3.92. The third kappa shape index (κ3) is 3.12. The van der Waals surface area contributed by atoms with Gasteiger partial charge < -0.3 is 8.83 Å². The Kier molecular flexibility index (Phi) is 4.80. The Labute approximate surface area is 188 Å². The minimum atomic E-state index is -0.273. The van der Waals surface area contributed by atoms with Gasteiger partial charge in [-0.2, -0.15) is 0 Å². The molecule has 0 amide bonds. The van der Waals surface area contributed by atoms with E-state index in [9.17, 15) is 9.59 Å². The van der Waals surface area contributed by atoms with Crippen LogP contribution in [0.15, 0.2) is 61.0 Å². The van der Waals surface area contributed by atoms with Crippen LogP contribution in [-0.4, -0.2) is 0 Å². The molecule has 0 unspecified atom stereocenters. The Balaban J connectivity index is 0.000000123. The predicted molar refractivity (Wildman–Crippen MR) is 127 cm³/mol. The largest absolute Gasteiger partial charge is 0.421 e. The molecular formula is C18H6Br2O4S4. The van der Waals surface area contributed by atoms with E-state index in [0.29, 0.717) is 21.9 Å². The molecule has 0 saturated carbocycles. The van der Waals surface area contributed by atoms with Crippen LogP contribution >= 0.6 is 77.2 Å². The Morgan fingerprint density at radius 1 is 0.679 bits per heavy atom. The highest BCUT2D eigenvalue weighted by atomic mass is 79.9. The number of thiophene rings is 4. The van der Waals surface area contributed by atoms with Gasteiger partial charge in [0.1, 0.15) is 0 Å². The van der Waals surface area contributed by atoms with Gasteiger partial charge in [-0.25, -0.2) is 9.59 Å². The van der Waals surface area contributed by atoms with E-state index in [-0.39, 0.29) is 11.3 Å². The zero-order chi connectivity index (χ0) is 19.4. The quantitative estimate of drug-likeness (QED) is 0.187. The monoisotopic (exact) mass is 572 g/mol. The molecule has 0 radical (unpaired) electrons. The lowest BCUT2D eigenvalue weighted by molar-refractivity contribution is 0.570. The summed E-state index contributed by atoms with van der Waals surface area (Å²) in [6.07, 6.45) is 0. The first-order valence-corrected chi connectivity index (χ1v) is 12.7. The molecule has 4 nitrogen and oxygen atoms in total. The Bertz CT molecular complexity index is 1590. The van der Waals surface area contributed by atoms with Gasteiger partial charge in [-0.15, -0.1) is 45.3 Å². The maximum absolute atomic E-state index is 11.6. The molecule has 0 N–H and O–H groups in total. The van der Waals surface area contributed by atoms with E-state index < -0.39 is 0 Å². The summed E-state index contributed by atoms with van der Waals surface area (Å²) in [4.78, 5) is 23.0. The molecule has 0 aromatic carbocycles. The Morgan fingerprint density at radius 3 is 2.18 bits per heavy atom. The molecule has 6 aromatic heterocycles. The molecule has 28 heavy (non-hydrogen) atoms. The molecule has 0 fully saturated rings. The molecule has 0 saturated heterocycles. The summed E-state index contributed by atoms with van der Waals surface area (Å²) in [5, 5.41) is 5.20. The van der Waals surface area contributed by atoms with Gasteiger partial charge in [0.05, 0.1) is 37.1 Å². The molecule has 0 aliphatic heterocycles. The zero-order valence-corrected chi connectivity index (χ0v) is 19.9. The fourth-order valence-electron chi connectivity index (χ4n) is 2.76. The van der Waals surface area contributed by atoms with E-state index in [1.54, 1.807) is 51.4 Å². The summed E-state index contributed by atoms with van der Waals surface area (Å²) in [7, 11) is 0. The van der Waals surface area contributed by atoms with Crippen LogP contribution in [0.25, 0.3) is 40.7 Å². The molecule has 0 bridgehead atoms. The van der Waals surface area contributed by atoms with Crippen LogP contribution in [0.1, 0.15) is 0 Å². The van der Waals surface area contributed by atoms with Crippen molar-refractivity contribution in [2.75, 3.05) is 0 Å². The van der Waals surface area contributed by atoms with Crippen LogP contribution in [0.3, 0.4) is 0 Å². The van der Waals surface area contributed by atoms with Gasteiger partial charge in [0.15, 0.2) is 11.2 Å². The van der Waals surface area contributed by atoms with Crippen molar-refractivity contribution in [2.45, 2.75) is 0 Å². The topological polar surface area (TPSA) is 60.4 Å². The Morgan fingerprint density at radius 2 is 1.32 bits per heavy atom. The van der Waals surface area contributed by atoms with Gasteiger partial charge in [-0.1, -0.05) is 0 Å². The molecular weight excluding hydrogens is 568 g/mol. The zero-order valence-electron chi connectivity index (χ0n) is 13.5. The first-order chi connectivity index (χ1) is 13.5. The van der Waals surface area contributed by atoms with Gasteiger partial charge in [0.25, 0.3) is 0 Å². The maximum atomic E-state index is 11.6. The van der Waals surface area contributed by atoms with Crippen LogP contribution in [-0.2, 0) is 0 Å². The van der Waals surface area contributed by atoms with Gasteiger partial charge in [-0.3, -0.25) is 0 Å². The minimum Gasteiger partial charge on any atom is -0.421 e. The SMILES string of the molecule is O=c1oc2cc(Br)sc2c2sc(Br)cc12.O=c1oc2ccsc2c2sccc12. The molecule has 0 aliphatic rings. The standard InChI is InChI=1S/C9H2Br2O2S2.C9H4O2S2/c10-5-1-3-7(14-5)8-4(13-9(3)12)2-6(11)15-8;10-9-5-1-3-12-7(5)8-6(11-9)2-4-13-8/h1-2H;1-4H. The van der Waals surface area contributed by atoms with Crippen molar-refractivity contribution in [3.63, 3.8) is 0 Å². The van der Waals surface area contributed by atoms with E-state index in [4.69, 9.17) is 8.83 Å². The van der Waals surface area contributed by atoms with Crippen molar-refractivity contribution < 1.29 is 8.83 Å². The number of fused-ring (bicyclic) bond motifs is 6. The minimum absolute atomic E-state index is 0.234. The smallest absolute Gasteiger partial charge is 0.345 e. The summed E-state index contributed by atoms with van der Waals surface area (Å²) in [5.41, 5.74) is 0.843. The molecule has 6 heterocycles.